The number of hydrogen-bond acceptors (Lipinski definition) is 3. The first-order valence-corrected chi connectivity index (χ1v) is 7.30. The van der Waals surface area contributed by atoms with Crippen LogP contribution in [0.15, 0.2) is 0 Å². The molecular formula is C15H28N2O2. The molecule has 4 heteroatoms. The van der Waals surface area contributed by atoms with Crippen LogP contribution in [-0.4, -0.2) is 48.2 Å². The molecule has 2 saturated heterocycles. The standard InChI is InChI=1S/C15H28N2O2/c1-10-8-17(6)9-11(10)13(18)16-12-7-14(2,3)19-15(12,4)5/h10-12H,7-9H2,1-6H3,(H,16,18)/t10-,11+,12-/m1/s1. The van der Waals surface area contributed by atoms with Crippen molar-refractivity contribution in [1.29, 1.82) is 0 Å². The molecule has 2 aliphatic rings. The molecule has 0 aliphatic carbocycles. The summed E-state index contributed by atoms with van der Waals surface area (Å²) in [5.41, 5.74) is -0.438. The molecular weight excluding hydrogens is 240 g/mol. The van der Waals surface area contributed by atoms with Gasteiger partial charge in [-0.3, -0.25) is 4.79 Å². The molecule has 0 unspecified atom stereocenters. The highest BCUT2D eigenvalue weighted by Crippen LogP contribution is 2.37. The summed E-state index contributed by atoms with van der Waals surface area (Å²) >= 11 is 0. The van der Waals surface area contributed by atoms with Crippen molar-refractivity contribution in [2.45, 2.75) is 58.3 Å². The average Bonchev–Trinajstić information content (AvgIpc) is 2.63. The van der Waals surface area contributed by atoms with Gasteiger partial charge in [-0.05, 0) is 47.1 Å². The first kappa shape index (κ1) is 14.8. The highest BCUT2D eigenvalue weighted by atomic mass is 16.5. The van der Waals surface area contributed by atoms with Gasteiger partial charge in [0.15, 0.2) is 0 Å². The van der Waals surface area contributed by atoms with Crippen molar-refractivity contribution in [3.8, 4) is 0 Å². The minimum Gasteiger partial charge on any atom is -0.367 e. The van der Waals surface area contributed by atoms with Gasteiger partial charge in [-0.25, -0.2) is 0 Å². The third kappa shape index (κ3) is 3.11. The Hall–Kier alpha value is -0.610. The highest BCUT2D eigenvalue weighted by Gasteiger charge is 2.47. The Morgan fingerprint density at radius 2 is 1.89 bits per heavy atom. The fourth-order valence-corrected chi connectivity index (χ4v) is 3.62. The molecule has 4 nitrogen and oxygen atoms in total. The van der Waals surface area contributed by atoms with Gasteiger partial charge in [0.1, 0.15) is 0 Å². The highest BCUT2D eigenvalue weighted by molar-refractivity contribution is 5.80. The van der Waals surface area contributed by atoms with Crippen LogP contribution in [-0.2, 0) is 9.53 Å². The summed E-state index contributed by atoms with van der Waals surface area (Å²) in [6.07, 6.45) is 0.878. The van der Waals surface area contributed by atoms with Crippen LogP contribution in [0.2, 0.25) is 0 Å². The maximum Gasteiger partial charge on any atom is 0.225 e. The summed E-state index contributed by atoms with van der Waals surface area (Å²) in [6.45, 7) is 12.3. The minimum atomic E-state index is -0.285. The molecule has 2 rings (SSSR count). The zero-order valence-corrected chi connectivity index (χ0v) is 13.1. The second-order valence-corrected chi connectivity index (χ2v) is 7.54. The second-order valence-electron chi connectivity index (χ2n) is 7.54. The van der Waals surface area contributed by atoms with Crippen molar-refractivity contribution < 1.29 is 9.53 Å². The van der Waals surface area contributed by atoms with Crippen LogP contribution in [0.3, 0.4) is 0 Å². The maximum atomic E-state index is 12.5. The van der Waals surface area contributed by atoms with Gasteiger partial charge in [-0.2, -0.15) is 0 Å². The molecule has 0 spiro atoms. The molecule has 1 N–H and O–H groups in total. The molecule has 1 amide bonds. The van der Waals surface area contributed by atoms with Crippen LogP contribution in [0.4, 0.5) is 0 Å². The van der Waals surface area contributed by atoms with E-state index in [1.54, 1.807) is 0 Å². The average molecular weight is 268 g/mol. The van der Waals surface area contributed by atoms with Gasteiger partial charge < -0.3 is 15.0 Å². The Morgan fingerprint density at radius 3 is 2.32 bits per heavy atom. The van der Waals surface area contributed by atoms with Crippen LogP contribution in [0.25, 0.3) is 0 Å². The van der Waals surface area contributed by atoms with Crippen LogP contribution >= 0.6 is 0 Å². The van der Waals surface area contributed by atoms with Gasteiger partial charge >= 0.3 is 0 Å². The van der Waals surface area contributed by atoms with E-state index in [9.17, 15) is 4.79 Å². The third-order valence-electron chi connectivity index (χ3n) is 4.52. The molecule has 2 aliphatic heterocycles. The molecule has 0 radical (unpaired) electrons. The fraction of sp³-hybridized carbons (Fsp3) is 0.933. The van der Waals surface area contributed by atoms with Crippen molar-refractivity contribution in [2.24, 2.45) is 11.8 Å². The summed E-state index contributed by atoms with van der Waals surface area (Å²) in [5, 5.41) is 3.23. The molecule has 19 heavy (non-hydrogen) atoms. The van der Waals surface area contributed by atoms with E-state index in [1.165, 1.54) is 0 Å². The van der Waals surface area contributed by atoms with E-state index in [4.69, 9.17) is 4.74 Å². The first-order valence-electron chi connectivity index (χ1n) is 7.30. The monoisotopic (exact) mass is 268 g/mol. The lowest BCUT2D eigenvalue weighted by Crippen LogP contribution is -2.49. The number of carbonyl (C=O) groups is 1. The van der Waals surface area contributed by atoms with Crippen LogP contribution < -0.4 is 5.32 Å². The maximum absolute atomic E-state index is 12.5. The molecule has 110 valence electrons. The zero-order chi connectivity index (χ0) is 14.4. The van der Waals surface area contributed by atoms with Crippen molar-refractivity contribution in [3.05, 3.63) is 0 Å². The van der Waals surface area contributed by atoms with E-state index in [0.717, 1.165) is 19.5 Å². The predicted molar refractivity (Wildman–Crippen MR) is 75.9 cm³/mol. The first-order chi connectivity index (χ1) is 8.61. The van der Waals surface area contributed by atoms with Gasteiger partial charge in [0, 0.05) is 13.1 Å². The number of hydrogen-bond donors (Lipinski definition) is 1. The van der Waals surface area contributed by atoms with Crippen LogP contribution in [0.1, 0.15) is 41.0 Å². The van der Waals surface area contributed by atoms with Crippen molar-refractivity contribution >= 4 is 5.91 Å². The lowest BCUT2D eigenvalue weighted by Gasteiger charge is -2.29. The Kier molecular flexibility index (Phi) is 3.69. The molecule has 0 aromatic carbocycles. The van der Waals surface area contributed by atoms with Gasteiger partial charge in [0.2, 0.25) is 5.91 Å². The third-order valence-corrected chi connectivity index (χ3v) is 4.52. The number of rotatable bonds is 2. The van der Waals surface area contributed by atoms with Crippen LogP contribution in [0, 0.1) is 11.8 Å². The molecule has 0 saturated carbocycles. The second kappa shape index (κ2) is 4.74. The molecule has 2 heterocycles. The molecule has 0 aromatic heterocycles. The molecule has 0 aromatic rings. The minimum absolute atomic E-state index is 0.105. The topological polar surface area (TPSA) is 41.6 Å². The number of nitrogens with one attached hydrogen (secondary N) is 1. The summed E-state index contributed by atoms with van der Waals surface area (Å²) in [4.78, 5) is 14.7. The normalized spacial score (nSPS) is 37.5. The van der Waals surface area contributed by atoms with Gasteiger partial charge in [-0.1, -0.05) is 6.92 Å². The van der Waals surface area contributed by atoms with E-state index < -0.39 is 0 Å². The zero-order valence-electron chi connectivity index (χ0n) is 13.1. The van der Waals surface area contributed by atoms with E-state index in [2.05, 4.69) is 51.9 Å². The SMILES string of the molecule is C[C@@H]1CN(C)C[C@@H]1C(=O)N[C@@H]1CC(C)(C)OC1(C)C. The Morgan fingerprint density at radius 1 is 1.26 bits per heavy atom. The van der Waals surface area contributed by atoms with E-state index in [0.29, 0.717) is 5.92 Å². The number of amides is 1. The number of nitrogens with zero attached hydrogens (tertiary/aromatic N) is 1. The van der Waals surface area contributed by atoms with Gasteiger partial charge in [0.25, 0.3) is 0 Å². The fourth-order valence-electron chi connectivity index (χ4n) is 3.62. The van der Waals surface area contributed by atoms with Gasteiger partial charge in [0.05, 0.1) is 23.2 Å². The van der Waals surface area contributed by atoms with Gasteiger partial charge in [-0.15, -0.1) is 0 Å². The van der Waals surface area contributed by atoms with E-state index in [-0.39, 0.29) is 29.1 Å². The predicted octanol–water partition coefficient (Wildman–Crippen LogP) is 1.65. The number of ether oxygens (including phenoxy) is 1. The Balaban J connectivity index is 2.00. The number of likely N-dealkylation sites (tertiary alicyclic amines) is 1. The summed E-state index contributed by atoms with van der Waals surface area (Å²) in [5.74, 6) is 0.740. The van der Waals surface area contributed by atoms with Crippen molar-refractivity contribution in [1.82, 2.24) is 10.2 Å². The van der Waals surface area contributed by atoms with Crippen molar-refractivity contribution in [2.75, 3.05) is 20.1 Å². The Bertz CT molecular complexity index is 365. The molecule has 0 bridgehead atoms. The van der Waals surface area contributed by atoms with E-state index in [1.807, 2.05) is 0 Å². The number of carbonyl (C=O) groups excluding carboxylic acids is 1. The smallest absolute Gasteiger partial charge is 0.225 e. The Labute approximate surface area is 116 Å². The largest absolute Gasteiger partial charge is 0.367 e. The molecule has 2 fully saturated rings. The summed E-state index contributed by atoms with van der Waals surface area (Å²) in [7, 11) is 2.08. The van der Waals surface area contributed by atoms with Crippen LogP contribution in [0.5, 0.6) is 0 Å². The lowest BCUT2D eigenvalue weighted by molar-refractivity contribution is -0.128. The lowest BCUT2D eigenvalue weighted by atomic mass is 9.92. The van der Waals surface area contributed by atoms with E-state index >= 15 is 0 Å². The summed E-state index contributed by atoms with van der Waals surface area (Å²) < 4.78 is 6.04. The summed E-state index contributed by atoms with van der Waals surface area (Å²) in [6, 6.07) is 0.105. The molecule has 3 atom stereocenters. The quantitative estimate of drug-likeness (QED) is 0.828. The van der Waals surface area contributed by atoms with Crippen molar-refractivity contribution in [3.63, 3.8) is 0 Å².